The number of benzene rings is 2. The normalized spacial score (nSPS) is 10.1. The van der Waals surface area contributed by atoms with Crippen LogP contribution in [0.5, 0.6) is 5.75 Å². The quantitative estimate of drug-likeness (QED) is 0.791. The molecule has 0 radical (unpaired) electrons. The molecular formula is C17H16BrFN2O3. The Morgan fingerprint density at radius 3 is 2.58 bits per heavy atom. The molecule has 0 aliphatic rings. The van der Waals surface area contributed by atoms with Gasteiger partial charge >= 0.3 is 0 Å². The Bertz CT molecular complexity index is 752. The van der Waals surface area contributed by atoms with Gasteiger partial charge in [-0.15, -0.1) is 0 Å². The van der Waals surface area contributed by atoms with Crippen LogP contribution in [-0.2, 0) is 16.0 Å². The Kier molecular flexibility index (Phi) is 6.31. The molecule has 2 aromatic carbocycles. The second-order valence-corrected chi connectivity index (χ2v) is 5.80. The Morgan fingerprint density at radius 2 is 1.92 bits per heavy atom. The topological polar surface area (TPSA) is 67.4 Å². The Hall–Kier alpha value is -2.41. The van der Waals surface area contributed by atoms with E-state index >= 15 is 0 Å². The number of methoxy groups -OCH3 is 1. The molecule has 0 saturated carbocycles. The van der Waals surface area contributed by atoms with Crippen LogP contribution in [-0.4, -0.2) is 25.5 Å². The highest BCUT2D eigenvalue weighted by molar-refractivity contribution is 9.10. The fourth-order valence-corrected chi connectivity index (χ4v) is 2.39. The lowest BCUT2D eigenvalue weighted by Gasteiger charge is -2.09. The van der Waals surface area contributed by atoms with Gasteiger partial charge in [0.15, 0.2) is 11.6 Å². The first kappa shape index (κ1) is 17.9. The minimum absolute atomic E-state index is 0.0246. The van der Waals surface area contributed by atoms with Crippen molar-refractivity contribution in [3.8, 4) is 5.75 Å². The number of hydrogen-bond acceptors (Lipinski definition) is 3. The third-order valence-corrected chi connectivity index (χ3v) is 3.87. The van der Waals surface area contributed by atoms with Crippen LogP contribution >= 0.6 is 15.9 Å². The Balaban J connectivity index is 1.83. The van der Waals surface area contributed by atoms with Crippen molar-refractivity contribution in [2.24, 2.45) is 0 Å². The molecule has 0 atom stereocenters. The number of hydrogen-bond donors (Lipinski definition) is 2. The van der Waals surface area contributed by atoms with Gasteiger partial charge in [0.1, 0.15) is 0 Å². The minimum atomic E-state index is -0.533. The summed E-state index contributed by atoms with van der Waals surface area (Å²) in [7, 11) is 1.37. The number of rotatable bonds is 6. The molecule has 0 fully saturated rings. The maximum Gasteiger partial charge on any atom is 0.243 e. The summed E-state index contributed by atoms with van der Waals surface area (Å²) in [4.78, 5) is 23.7. The lowest BCUT2D eigenvalue weighted by atomic mass is 10.1. The number of anilines is 1. The maximum absolute atomic E-state index is 13.6. The molecule has 0 unspecified atom stereocenters. The van der Waals surface area contributed by atoms with Gasteiger partial charge in [0.2, 0.25) is 11.8 Å². The van der Waals surface area contributed by atoms with Crippen molar-refractivity contribution in [3.63, 3.8) is 0 Å². The van der Waals surface area contributed by atoms with Gasteiger partial charge < -0.3 is 15.4 Å². The fraction of sp³-hybridized carbons (Fsp3) is 0.176. The summed E-state index contributed by atoms with van der Waals surface area (Å²) in [5, 5.41) is 5.18. The molecule has 0 aliphatic carbocycles. The van der Waals surface area contributed by atoms with E-state index in [4.69, 9.17) is 4.74 Å². The summed E-state index contributed by atoms with van der Waals surface area (Å²) in [6.07, 6.45) is -0.0246. The molecule has 0 spiro atoms. The molecule has 2 N–H and O–H groups in total. The number of halogens is 2. The molecule has 0 heterocycles. The average Bonchev–Trinajstić information content (AvgIpc) is 2.55. The Labute approximate surface area is 147 Å². The van der Waals surface area contributed by atoms with Crippen molar-refractivity contribution in [3.05, 3.63) is 58.3 Å². The van der Waals surface area contributed by atoms with Crippen LogP contribution in [0.3, 0.4) is 0 Å². The third-order valence-electron chi connectivity index (χ3n) is 3.17. The standard InChI is InChI=1S/C17H16BrFN2O3/c1-24-15-7-6-11(8-13(15)19)9-16(22)20-10-17(23)21-14-5-3-2-4-12(14)18/h2-8H,9-10H2,1H3,(H,20,22)(H,21,23). The van der Waals surface area contributed by atoms with Gasteiger partial charge in [-0.25, -0.2) is 4.39 Å². The van der Waals surface area contributed by atoms with Crippen LogP contribution in [0.2, 0.25) is 0 Å². The highest BCUT2D eigenvalue weighted by Gasteiger charge is 2.10. The van der Waals surface area contributed by atoms with E-state index in [0.717, 1.165) is 4.47 Å². The molecule has 0 bridgehead atoms. The molecule has 2 rings (SSSR count). The Morgan fingerprint density at radius 1 is 1.17 bits per heavy atom. The second-order valence-electron chi connectivity index (χ2n) is 4.95. The minimum Gasteiger partial charge on any atom is -0.494 e. The number of para-hydroxylation sites is 1. The highest BCUT2D eigenvalue weighted by atomic mass is 79.9. The zero-order valence-corrected chi connectivity index (χ0v) is 14.5. The number of ether oxygens (including phenoxy) is 1. The lowest BCUT2D eigenvalue weighted by molar-refractivity contribution is -0.123. The van der Waals surface area contributed by atoms with E-state index in [1.54, 1.807) is 24.3 Å². The number of nitrogens with one attached hydrogen (secondary N) is 2. The molecule has 2 aromatic rings. The van der Waals surface area contributed by atoms with Crippen molar-refractivity contribution >= 4 is 33.4 Å². The van der Waals surface area contributed by atoms with E-state index < -0.39 is 5.82 Å². The zero-order valence-electron chi connectivity index (χ0n) is 12.9. The molecule has 0 saturated heterocycles. The molecule has 0 aliphatic heterocycles. The van der Waals surface area contributed by atoms with Crippen LogP contribution in [0, 0.1) is 5.82 Å². The van der Waals surface area contributed by atoms with E-state index in [2.05, 4.69) is 26.6 Å². The summed E-state index contributed by atoms with van der Waals surface area (Å²) in [5.41, 5.74) is 1.12. The summed E-state index contributed by atoms with van der Waals surface area (Å²) >= 11 is 3.32. The van der Waals surface area contributed by atoms with Gasteiger partial charge in [-0.1, -0.05) is 18.2 Å². The van der Waals surface area contributed by atoms with Crippen molar-refractivity contribution in [2.45, 2.75) is 6.42 Å². The van der Waals surface area contributed by atoms with Crippen molar-refractivity contribution in [1.29, 1.82) is 0 Å². The molecule has 2 amide bonds. The SMILES string of the molecule is COc1ccc(CC(=O)NCC(=O)Nc2ccccc2Br)cc1F. The molecule has 7 heteroatoms. The van der Waals surface area contributed by atoms with Gasteiger partial charge in [-0.05, 0) is 45.8 Å². The smallest absolute Gasteiger partial charge is 0.243 e. The summed E-state index contributed by atoms with van der Waals surface area (Å²) < 4.78 is 19.1. The van der Waals surface area contributed by atoms with Gasteiger partial charge in [0.25, 0.3) is 0 Å². The number of amides is 2. The van der Waals surface area contributed by atoms with Gasteiger partial charge in [0.05, 0.1) is 25.8 Å². The summed E-state index contributed by atoms with van der Waals surface area (Å²) in [5.74, 6) is -1.14. The van der Waals surface area contributed by atoms with Crippen LogP contribution in [0.15, 0.2) is 46.9 Å². The van der Waals surface area contributed by atoms with Crippen molar-refractivity contribution < 1.29 is 18.7 Å². The van der Waals surface area contributed by atoms with Crippen LogP contribution in [0.4, 0.5) is 10.1 Å². The first-order valence-corrected chi connectivity index (χ1v) is 7.92. The number of carbonyl (C=O) groups is 2. The third kappa shape index (κ3) is 5.06. The number of carbonyl (C=O) groups excluding carboxylic acids is 2. The van der Waals surface area contributed by atoms with Crippen molar-refractivity contribution in [1.82, 2.24) is 5.32 Å². The monoisotopic (exact) mass is 394 g/mol. The maximum atomic E-state index is 13.6. The van der Waals surface area contributed by atoms with E-state index in [1.165, 1.54) is 19.2 Å². The summed E-state index contributed by atoms with van der Waals surface area (Å²) in [6.45, 7) is -0.168. The van der Waals surface area contributed by atoms with E-state index in [9.17, 15) is 14.0 Å². The van der Waals surface area contributed by atoms with Gasteiger partial charge in [-0.3, -0.25) is 9.59 Å². The van der Waals surface area contributed by atoms with E-state index in [1.807, 2.05) is 6.07 Å². The predicted octanol–water partition coefficient (Wildman–Crippen LogP) is 2.89. The molecule has 0 aromatic heterocycles. The first-order valence-electron chi connectivity index (χ1n) is 7.13. The lowest BCUT2D eigenvalue weighted by Crippen LogP contribution is -2.33. The zero-order chi connectivity index (χ0) is 17.5. The van der Waals surface area contributed by atoms with E-state index in [0.29, 0.717) is 11.3 Å². The van der Waals surface area contributed by atoms with Gasteiger partial charge in [-0.2, -0.15) is 0 Å². The van der Waals surface area contributed by atoms with Crippen LogP contribution in [0.25, 0.3) is 0 Å². The second kappa shape index (κ2) is 8.44. The highest BCUT2D eigenvalue weighted by Crippen LogP contribution is 2.21. The largest absolute Gasteiger partial charge is 0.494 e. The molecule has 24 heavy (non-hydrogen) atoms. The average molecular weight is 395 g/mol. The van der Waals surface area contributed by atoms with Crippen LogP contribution < -0.4 is 15.4 Å². The molecule has 126 valence electrons. The van der Waals surface area contributed by atoms with Crippen molar-refractivity contribution in [2.75, 3.05) is 19.0 Å². The summed E-state index contributed by atoms with van der Waals surface area (Å²) in [6, 6.07) is 11.4. The first-order chi connectivity index (χ1) is 11.5. The van der Waals surface area contributed by atoms with Gasteiger partial charge in [0, 0.05) is 4.47 Å². The molecular weight excluding hydrogens is 379 g/mol. The van der Waals surface area contributed by atoms with Crippen LogP contribution in [0.1, 0.15) is 5.56 Å². The van der Waals surface area contributed by atoms with E-state index in [-0.39, 0.29) is 30.5 Å². The molecule has 5 nitrogen and oxygen atoms in total. The predicted molar refractivity (Wildman–Crippen MR) is 92.4 cm³/mol. The fourth-order valence-electron chi connectivity index (χ4n) is 2.00.